The molecule has 0 unspecified atom stereocenters. The number of nitrogens with one attached hydrogen (secondary N) is 1. The largest absolute Gasteiger partial charge is 0.371 e. The number of anilines is 1. The molecule has 0 aromatic heterocycles. The summed E-state index contributed by atoms with van der Waals surface area (Å²) in [5, 5.41) is 2.78. The van der Waals surface area contributed by atoms with Crippen molar-refractivity contribution in [2.24, 2.45) is 5.92 Å². The van der Waals surface area contributed by atoms with Gasteiger partial charge in [0.05, 0.1) is 13.0 Å². The fourth-order valence-electron chi connectivity index (χ4n) is 1.84. The van der Waals surface area contributed by atoms with Crippen molar-refractivity contribution in [3.05, 3.63) is 29.8 Å². The minimum absolute atomic E-state index is 0.0558. The molecule has 0 spiro atoms. The Balaban J connectivity index is 1.75. The molecule has 5 heteroatoms. The van der Waals surface area contributed by atoms with E-state index in [1.807, 2.05) is 12.1 Å². The van der Waals surface area contributed by atoms with Crippen LogP contribution in [-0.4, -0.2) is 44.0 Å². The molecule has 0 saturated heterocycles. The lowest BCUT2D eigenvalue weighted by molar-refractivity contribution is -0.128. The minimum Gasteiger partial charge on any atom is -0.371 e. The average molecular weight is 290 g/mol. The van der Waals surface area contributed by atoms with Gasteiger partial charge in [-0.2, -0.15) is 0 Å². The van der Waals surface area contributed by atoms with Crippen LogP contribution in [0.1, 0.15) is 18.4 Å². The molecule has 2 rings (SSSR count). The van der Waals surface area contributed by atoms with E-state index in [4.69, 9.17) is 4.74 Å². The predicted octanol–water partition coefficient (Wildman–Crippen LogP) is 1.68. The summed E-state index contributed by atoms with van der Waals surface area (Å²) in [5.74, 6) is 0.569. The maximum Gasteiger partial charge on any atom is 0.250 e. The summed E-state index contributed by atoms with van der Waals surface area (Å²) in [6.45, 7) is 0.774. The van der Waals surface area contributed by atoms with Crippen LogP contribution < -0.4 is 5.32 Å². The van der Waals surface area contributed by atoms with E-state index in [-0.39, 0.29) is 18.4 Å². The Morgan fingerprint density at radius 1 is 1.24 bits per heavy atom. The summed E-state index contributed by atoms with van der Waals surface area (Å²) in [6, 6.07) is 7.30. The molecule has 1 fully saturated rings. The van der Waals surface area contributed by atoms with E-state index in [0.29, 0.717) is 18.9 Å². The second kappa shape index (κ2) is 7.22. The zero-order chi connectivity index (χ0) is 15.2. The monoisotopic (exact) mass is 290 g/mol. The molecule has 5 nitrogen and oxygen atoms in total. The average Bonchev–Trinajstić information content (AvgIpc) is 3.25. The fraction of sp³-hybridized carbons (Fsp3) is 0.500. The summed E-state index contributed by atoms with van der Waals surface area (Å²) in [7, 11) is 3.47. The van der Waals surface area contributed by atoms with Crippen molar-refractivity contribution >= 4 is 17.5 Å². The number of hydrogen-bond acceptors (Lipinski definition) is 3. The Bertz CT molecular complexity index is 493. The van der Waals surface area contributed by atoms with Gasteiger partial charge in [-0.05, 0) is 36.5 Å². The van der Waals surface area contributed by atoms with Crippen molar-refractivity contribution in [1.82, 2.24) is 4.90 Å². The van der Waals surface area contributed by atoms with Crippen LogP contribution in [0.3, 0.4) is 0 Å². The van der Waals surface area contributed by atoms with Crippen LogP contribution in [0, 0.1) is 5.92 Å². The standard InChI is InChI=1S/C16H22N2O3/c1-18(2)16(20)9-12-5-7-14(8-6-12)17-15(19)11-21-10-13-3-4-13/h5-8,13H,3-4,9-11H2,1-2H3,(H,17,19). The lowest BCUT2D eigenvalue weighted by Gasteiger charge is -2.10. The lowest BCUT2D eigenvalue weighted by Crippen LogP contribution is -2.23. The van der Waals surface area contributed by atoms with Gasteiger partial charge in [0.25, 0.3) is 0 Å². The maximum absolute atomic E-state index is 11.7. The summed E-state index contributed by atoms with van der Waals surface area (Å²) in [4.78, 5) is 24.8. The maximum atomic E-state index is 11.7. The summed E-state index contributed by atoms with van der Waals surface area (Å²) >= 11 is 0. The highest BCUT2D eigenvalue weighted by Gasteiger charge is 2.21. The van der Waals surface area contributed by atoms with Crippen molar-refractivity contribution in [3.8, 4) is 0 Å². The highest BCUT2D eigenvalue weighted by molar-refractivity contribution is 5.91. The van der Waals surface area contributed by atoms with Crippen molar-refractivity contribution in [2.45, 2.75) is 19.3 Å². The number of nitrogens with zero attached hydrogens (tertiary/aromatic N) is 1. The number of benzene rings is 1. The summed E-state index contributed by atoms with van der Waals surface area (Å²) in [5.41, 5.74) is 1.65. The second-order valence-electron chi connectivity index (χ2n) is 5.67. The molecule has 0 heterocycles. The number of amides is 2. The topological polar surface area (TPSA) is 58.6 Å². The van der Waals surface area contributed by atoms with E-state index >= 15 is 0 Å². The van der Waals surface area contributed by atoms with Gasteiger partial charge in [0, 0.05) is 19.8 Å². The van der Waals surface area contributed by atoms with E-state index < -0.39 is 0 Å². The molecule has 0 radical (unpaired) electrons. The number of carbonyl (C=O) groups excluding carboxylic acids is 2. The quantitative estimate of drug-likeness (QED) is 0.831. The van der Waals surface area contributed by atoms with E-state index in [0.717, 1.165) is 11.3 Å². The van der Waals surface area contributed by atoms with Crippen molar-refractivity contribution in [1.29, 1.82) is 0 Å². The molecule has 1 N–H and O–H groups in total. The van der Waals surface area contributed by atoms with Crippen LogP contribution in [0.25, 0.3) is 0 Å². The number of likely N-dealkylation sites (N-methyl/N-ethyl adjacent to an activating group) is 1. The molecule has 0 aliphatic heterocycles. The second-order valence-corrected chi connectivity index (χ2v) is 5.67. The Morgan fingerprint density at radius 3 is 2.48 bits per heavy atom. The molecule has 0 atom stereocenters. The first-order valence-electron chi connectivity index (χ1n) is 7.21. The number of rotatable bonds is 7. The highest BCUT2D eigenvalue weighted by atomic mass is 16.5. The van der Waals surface area contributed by atoms with Gasteiger partial charge in [-0.3, -0.25) is 9.59 Å². The SMILES string of the molecule is CN(C)C(=O)Cc1ccc(NC(=O)COCC2CC2)cc1. The molecular formula is C16H22N2O3. The Kier molecular flexibility index (Phi) is 5.33. The van der Waals surface area contributed by atoms with Gasteiger partial charge in [0.2, 0.25) is 11.8 Å². The Morgan fingerprint density at radius 2 is 1.90 bits per heavy atom. The fourth-order valence-corrected chi connectivity index (χ4v) is 1.84. The number of ether oxygens (including phenoxy) is 1. The van der Waals surface area contributed by atoms with Gasteiger partial charge < -0.3 is 15.0 Å². The lowest BCUT2D eigenvalue weighted by atomic mass is 10.1. The van der Waals surface area contributed by atoms with Gasteiger partial charge in [-0.25, -0.2) is 0 Å². The van der Waals surface area contributed by atoms with Crippen molar-refractivity contribution in [3.63, 3.8) is 0 Å². The third kappa shape index (κ3) is 5.55. The third-order valence-electron chi connectivity index (χ3n) is 3.38. The van der Waals surface area contributed by atoms with Gasteiger partial charge in [-0.1, -0.05) is 12.1 Å². The van der Waals surface area contributed by atoms with Crippen LogP contribution in [0.15, 0.2) is 24.3 Å². The Hall–Kier alpha value is -1.88. The van der Waals surface area contributed by atoms with Gasteiger partial charge in [0.15, 0.2) is 0 Å². The number of hydrogen-bond donors (Lipinski definition) is 1. The first kappa shape index (κ1) is 15.5. The molecule has 1 aromatic rings. The summed E-state index contributed by atoms with van der Waals surface area (Å²) < 4.78 is 5.33. The molecule has 0 bridgehead atoms. The zero-order valence-electron chi connectivity index (χ0n) is 12.6. The molecule has 2 amide bonds. The number of carbonyl (C=O) groups is 2. The smallest absolute Gasteiger partial charge is 0.250 e. The van der Waals surface area contributed by atoms with Crippen molar-refractivity contribution < 1.29 is 14.3 Å². The van der Waals surface area contributed by atoms with Crippen molar-refractivity contribution in [2.75, 3.05) is 32.6 Å². The van der Waals surface area contributed by atoms with E-state index in [1.165, 1.54) is 12.8 Å². The molecule has 1 aromatic carbocycles. The van der Waals surface area contributed by atoms with E-state index in [1.54, 1.807) is 31.1 Å². The van der Waals surface area contributed by atoms with Crippen LogP contribution in [0.4, 0.5) is 5.69 Å². The highest BCUT2D eigenvalue weighted by Crippen LogP contribution is 2.28. The minimum atomic E-state index is -0.146. The third-order valence-corrected chi connectivity index (χ3v) is 3.38. The molecule has 1 aliphatic rings. The first-order chi connectivity index (χ1) is 10.0. The molecule has 114 valence electrons. The first-order valence-corrected chi connectivity index (χ1v) is 7.21. The molecule has 1 aliphatic carbocycles. The molecule has 1 saturated carbocycles. The Labute approximate surface area is 125 Å². The van der Waals surface area contributed by atoms with Gasteiger partial charge in [0.1, 0.15) is 6.61 Å². The van der Waals surface area contributed by atoms with Crippen LogP contribution in [-0.2, 0) is 20.7 Å². The van der Waals surface area contributed by atoms with Gasteiger partial charge in [-0.15, -0.1) is 0 Å². The van der Waals surface area contributed by atoms with Gasteiger partial charge >= 0.3 is 0 Å². The molecule has 21 heavy (non-hydrogen) atoms. The van der Waals surface area contributed by atoms with Crippen LogP contribution >= 0.6 is 0 Å². The predicted molar refractivity (Wildman–Crippen MR) is 81.0 cm³/mol. The summed E-state index contributed by atoms with van der Waals surface area (Å²) in [6.07, 6.45) is 2.80. The van der Waals surface area contributed by atoms with Crippen LogP contribution in [0.5, 0.6) is 0 Å². The van der Waals surface area contributed by atoms with E-state index in [9.17, 15) is 9.59 Å². The zero-order valence-corrected chi connectivity index (χ0v) is 12.6. The molecular weight excluding hydrogens is 268 g/mol. The van der Waals surface area contributed by atoms with E-state index in [2.05, 4.69) is 5.32 Å². The normalized spacial score (nSPS) is 13.8. The van der Waals surface area contributed by atoms with Crippen LogP contribution in [0.2, 0.25) is 0 Å².